The number of carbonyl (C=O) groups excluding carboxylic acids is 1. The quantitative estimate of drug-likeness (QED) is 0.773. The van der Waals surface area contributed by atoms with Gasteiger partial charge in [0, 0.05) is 42.3 Å². The maximum Gasteiger partial charge on any atom is 0.410 e. The lowest BCUT2D eigenvalue weighted by Gasteiger charge is -2.40. The van der Waals surface area contributed by atoms with Crippen LogP contribution in [0.15, 0.2) is 22.7 Å². The molecule has 6 heteroatoms. The minimum atomic E-state index is -0.460. The zero-order valence-electron chi connectivity index (χ0n) is 15.1. The van der Waals surface area contributed by atoms with E-state index < -0.39 is 5.60 Å². The van der Waals surface area contributed by atoms with Gasteiger partial charge in [-0.2, -0.15) is 0 Å². The van der Waals surface area contributed by atoms with Gasteiger partial charge >= 0.3 is 6.09 Å². The van der Waals surface area contributed by atoms with E-state index in [1.54, 1.807) is 7.11 Å². The average Bonchev–Trinajstić information content (AvgIpc) is 2.47. The fourth-order valence-electron chi connectivity index (χ4n) is 2.86. The first-order chi connectivity index (χ1) is 11.2. The normalized spacial score (nSPS) is 19.2. The molecule has 1 aromatic carbocycles. The van der Waals surface area contributed by atoms with Crippen LogP contribution in [0.5, 0.6) is 5.75 Å². The number of benzene rings is 1. The van der Waals surface area contributed by atoms with E-state index in [9.17, 15) is 4.79 Å². The number of hydrogen-bond acceptors (Lipinski definition) is 4. The number of methoxy groups -OCH3 is 1. The summed E-state index contributed by atoms with van der Waals surface area (Å²) in [7, 11) is 1.69. The Morgan fingerprint density at radius 3 is 2.62 bits per heavy atom. The Bertz CT molecular complexity index is 586. The van der Waals surface area contributed by atoms with Crippen LogP contribution in [0.3, 0.4) is 0 Å². The van der Waals surface area contributed by atoms with Gasteiger partial charge in [-0.15, -0.1) is 0 Å². The van der Waals surface area contributed by atoms with Gasteiger partial charge in [-0.05, 0) is 39.8 Å². The van der Waals surface area contributed by atoms with Crippen molar-refractivity contribution in [2.75, 3.05) is 26.7 Å². The number of halogens is 1. The molecule has 1 aliphatic heterocycles. The van der Waals surface area contributed by atoms with Crippen molar-refractivity contribution in [1.82, 2.24) is 9.80 Å². The molecule has 0 radical (unpaired) electrons. The monoisotopic (exact) mass is 398 g/mol. The standard InChI is InChI=1S/C18H27BrN2O3/c1-13-11-20(8-9-21(13)17(22)24-18(2,3)4)12-14-6-7-15(19)10-16(14)23-5/h6-7,10,13H,8-9,11-12H2,1-5H3. The summed E-state index contributed by atoms with van der Waals surface area (Å²) in [6.07, 6.45) is -0.226. The number of hydrogen-bond donors (Lipinski definition) is 0. The summed E-state index contributed by atoms with van der Waals surface area (Å²) < 4.78 is 12.0. The van der Waals surface area contributed by atoms with Gasteiger partial charge in [-0.1, -0.05) is 22.0 Å². The Balaban J connectivity index is 1.97. The second-order valence-electron chi connectivity index (χ2n) is 7.21. The van der Waals surface area contributed by atoms with Gasteiger partial charge < -0.3 is 14.4 Å². The van der Waals surface area contributed by atoms with Crippen molar-refractivity contribution in [1.29, 1.82) is 0 Å². The molecule has 0 saturated carbocycles. The Hall–Kier alpha value is -1.27. The van der Waals surface area contributed by atoms with Crippen molar-refractivity contribution in [3.8, 4) is 5.75 Å². The van der Waals surface area contributed by atoms with Crippen LogP contribution in [-0.2, 0) is 11.3 Å². The van der Waals surface area contributed by atoms with E-state index in [-0.39, 0.29) is 12.1 Å². The molecule has 1 saturated heterocycles. The molecule has 5 nitrogen and oxygen atoms in total. The van der Waals surface area contributed by atoms with Crippen LogP contribution in [0, 0.1) is 0 Å². The predicted octanol–water partition coefficient (Wildman–Crippen LogP) is 3.90. The van der Waals surface area contributed by atoms with E-state index in [4.69, 9.17) is 9.47 Å². The molecule has 0 spiro atoms. The van der Waals surface area contributed by atoms with E-state index in [2.05, 4.69) is 33.8 Å². The molecule has 0 aliphatic carbocycles. The molecule has 1 unspecified atom stereocenters. The molecule has 0 aromatic heterocycles. The fourth-order valence-corrected chi connectivity index (χ4v) is 3.20. The zero-order chi connectivity index (χ0) is 17.9. The number of ether oxygens (including phenoxy) is 2. The molecule has 1 atom stereocenters. The first-order valence-electron chi connectivity index (χ1n) is 8.24. The number of rotatable bonds is 3. The third-order valence-corrected chi connectivity index (χ3v) is 4.48. The lowest BCUT2D eigenvalue weighted by molar-refractivity contribution is 0.000483. The van der Waals surface area contributed by atoms with E-state index in [1.807, 2.05) is 37.8 Å². The smallest absolute Gasteiger partial charge is 0.410 e. The van der Waals surface area contributed by atoms with Crippen molar-refractivity contribution < 1.29 is 14.3 Å². The van der Waals surface area contributed by atoms with Crippen LogP contribution >= 0.6 is 15.9 Å². The Morgan fingerprint density at radius 2 is 2.04 bits per heavy atom. The lowest BCUT2D eigenvalue weighted by atomic mass is 10.1. The Morgan fingerprint density at radius 1 is 1.33 bits per heavy atom. The number of amides is 1. The zero-order valence-corrected chi connectivity index (χ0v) is 16.7. The third-order valence-electron chi connectivity index (χ3n) is 3.98. The maximum atomic E-state index is 12.3. The van der Waals surface area contributed by atoms with Crippen LogP contribution < -0.4 is 4.74 Å². The largest absolute Gasteiger partial charge is 0.496 e. The minimum Gasteiger partial charge on any atom is -0.496 e. The van der Waals surface area contributed by atoms with Crippen molar-refractivity contribution in [3.63, 3.8) is 0 Å². The molecule has 1 fully saturated rings. The van der Waals surface area contributed by atoms with Gasteiger partial charge in [0.25, 0.3) is 0 Å². The highest BCUT2D eigenvalue weighted by atomic mass is 79.9. The summed E-state index contributed by atoms with van der Waals surface area (Å²) in [5, 5.41) is 0. The highest BCUT2D eigenvalue weighted by molar-refractivity contribution is 9.10. The molecule has 24 heavy (non-hydrogen) atoms. The summed E-state index contributed by atoms with van der Waals surface area (Å²) in [6.45, 7) is 10.9. The summed E-state index contributed by atoms with van der Waals surface area (Å²) >= 11 is 3.47. The second-order valence-corrected chi connectivity index (χ2v) is 8.13. The maximum absolute atomic E-state index is 12.3. The highest BCUT2D eigenvalue weighted by Crippen LogP contribution is 2.26. The van der Waals surface area contributed by atoms with Crippen LogP contribution in [0.4, 0.5) is 4.79 Å². The van der Waals surface area contributed by atoms with Gasteiger partial charge in [-0.3, -0.25) is 4.90 Å². The molecule has 2 rings (SSSR count). The summed E-state index contributed by atoms with van der Waals surface area (Å²) in [4.78, 5) is 16.5. The molecule has 1 heterocycles. The Labute approximate surface area is 153 Å². The fraction of sp³-hybridized carbons (Fsp3) is 0.611. The van der Waals surface area contributed by atoms with E-state index in [1.165, 1.54) is 0 Å². The molecule has 134 valence electrons. The molecular weight excluding hydrogens is 372 g/mol. The van der Waals surface area contributed by atoms with Crippen molar-refractivity contribution in [3.05, 3.63) is 28.2 Å². The van der Waals surface area contributed by atoms with Gasteiger partial charge in [0.15, 0.2) is 0 Å². The van der Waals surface area contributed by atoms with Gasteiger partial charge in [0.2, 0.25) is 0 Å². The topological polar surface area (TPSA) is 42.0 Å². The van der Waals surface area contributed by atoms with E-state index >= 15 is 0 Å². The van der Waals surface area contributed by atoms with Crippen molar-refractivity contribution >= 4 is 22.0 Å². The number of nitrogens with zero attached hydrogens (tertiary/aromatic N) is 2. The molecular formula is C18H27BrN2O3. The number of carbonyl (C=O) groups is 1. The molecule has 1 amide bonds. The summed E-state index contributed by atoms with van der Waals surface area (Å²) in [5.41, 5.74) is 0.692. The van der Waals surface area contributed by atoms with Crippen LogP contribution in [0.2, 0.25) is 0 Å². The van der Waals surface area contributed by atoms with Gasteiger partial charge in [-0.25, -0.2) is 4.79 Å². The highest BCUT2D eigenvalue weighted by Gasteiger charge is 2.30. The molecule has 1 aromatic rings. The van der Waals surface area contributed by atoms with Crippen molar-refractivity contribution in [2.45, 2.75) is 45.9 Å². The lowest BCUT2D eigenvalue weighted by Crippen LogP contribution is -2.54. The van der Waals surface area contributed by atoms with E-state index in [0.717, 1.165) is 35.4 Å². The predicted molar refractivity (Wildman–Crippen MR) is 98.4 cm³/mol. The van der Waals surface area contributed by atoms with Crippen LogP contribution in [0.1, 0.15) is 33.3 Å². The third kappa shape index (κ3) is 5.11. The summed E-state index contributed by atoms with van der Waals surface area (Å²) in [5.74, 6) is 0.881. The van der Waals surface area contributed by atoms with Gasteiger partial charge in [0.05, 0.1) is 7.11 Å². The Kier molecular flexibility index (Phi) is 6.15. The molecule has 0 N–H and O–H groups in total. The first-order valence-corrected chi connectivity index (χ1v) is 9.03. The summed E-state index contributed by atoms with van der Waals surface area (Å²) in [6, 6.07) is 6.21. The molecule has 1 aliphatic rings. The van der Waals surface area contributed by atoms with Crippen LogP contribution in [-0.4, -0.2) is 54.3 Å². The minimum absolute atomic E-state index is 0.120. The molecule has 0 bridgehead atoms. The number of piperazine rings is 1. The first kappa shape index (κ1) is 19.1. The van der Waals surface area contributed by atoms with Crippen LogP contribution in [0.25, 0.3) is 0 Å². The SMILES string of the molecule is COc1cc(Br)ccc1CN1CCN(C(=O)OC(C)(C)C)C(C)C1. The average molecular weight is 399 g/mol. The second kappa shape index (κ2) is 7.74. The van der Waals surface area contributed by atoms with Crippen molar-refractivity contribution in [2.24, 2.45) is 0 Å². The van der Waals surface area contributed by atoms with Gasteiger partial charge in [0.1, 0.15) is 11.4 Å². The van der Waals surface area contributed by atoms with E-state index in [0.29, 0.717) is 6.54 Å².